The molecule has 1 fully saturated rings. The van der Waals surface area contributed by atoms with Crippen LogP contribution >= 0.6 is 0 Å². The van der Waals surface area contributed by atoms with E-state index in [0.717, 1.165) is 12.5 Å². The minimum absolute atomic E-state index is 0.454. The van der Waals surface area contributed by atoms with Crippen molar-refractivity contribution < 1.29 is 4.43 Å². The van der Waals surface area contributed by atoms with E-state index in [1.165, 1.54) is 44.9 Å². The minimum Gasteiger partial charge on any atom is -0.417 e. The van der Waals surface area contributed by atoms with Crippen LogP contribution in [0.4, 0.5) is 0 Å². The predicted octanol–water partition coefficient (Wildman–Crippen LogP) is 3.61. The van der Waals surface area contributed by atoms with Gasteiger partial charge in [-0.25, -0.2) is 0 Å². The Morgan fingerprint density at radius 1 is 1.00 bits per heavy atom. The molecule has 0 unspecified atom stereocenters. The second-order valence-electron chi connectivity index (χ2n) is 4.43. The van der Waals surface area contributed by atoms with E-state index >= 15 is 0 Å². The molecule has 1 rings (SSSR count). The molecule has 13 heavy (non-hydrogen) atoms. The van der Waals surface area contributed by atoms with E-state index in [4.69, 9.17) is 4.43 Å². The van der Waals surface area contributed by atoms with Gasteiger partial charge in [-0.2, -0.15) is 0 Å². The van der Waals surface area contributed by atoms with E-state index in [9.17, 15) is 0 Å². The third-order valence-corrected chi connectivity index (χ3v) is 3.58. The van der Waals surface area contributed by atoms with E-state index < -0.39 is 9.04 Å². The summed E-state index contributed by atoms with van der Waals surface area (Å²) in [5.74, 6) is 0.875. The third kappa shape index (κ3) is 5.48. The number of hydrogen-bond acceptors (Lipinski definition) is 1. The average molecular weight is 199 g/mol. The molecule has 0 saturated heterocycles. The second kappa shape index (κ2) is 6.60. The zero-order chi connectivity index (χ0) is 9.52. The Labute approximate surface area is 84.6 Å². The quantitative estimate of drug-likeness (QED) is 0.631. The molecule has 0 aromatic carbocycles. The van der Waals surface area contributed by atoms with Crippen LogP contribution in [0.3, 0.4) is 0 Å². The summed E-state index contributed by atoms with van der Waals surface area (Å²) in [7, 11) is -0.454. The van der Waals surface area contributed by atoms with E-state index in [1.807, 2.05) is 0 Å². The Hall–Kier alpha value is 0.177. The summed E-state index contributed by atoms with van der Waals surface area (Å²) in [5, 5.41) is 0. The zero-order valence-electron chi connectivity index (χ0n) is 9.14. The second-order valence-corrected chi connectivity index (χ2v) is 6.54. The SMILES string of the molecule is C[Si](C)OCC1CCCCCCC1. The van der Waals surface area contributed by atoms with Crippen molar-refractivity contribution in [1.82, 2.24) is 0 Å². The molecule has 2 heteroatoms. The van der Waals surface area contributed by atoms with Gasteiger partial charge in [0.15, 0.2) is 0 Å². The van der Waals surface area contributed by atoms with Crippen molar-refractivity contribution in [3.63, 3.8) is 0 Å². The van der Waals surface area contributed by atoms with Crippen LogP contribution in [-0.2, 0) is 4.43 Å². The lowest BCUT2D eigenvalue weighted by Crippen LogP contribution is -2.17. The van der Waals surface area contributed by atoms with Crippen molar-refractivity contribution in [1.29, 1.82) is 0 Å². The Kier molecular flexibility index (Phi) is 5.72. The maximum atomic E-state index is 5.78. The first-order valence-electron chi connectivity index (χ1n) is 5.72. The van der Waals surface area contributed by atoms with Crippen LogP contribution in [0, 0.1) is 5.92 Å². The predicted molar refractivity (Wildman–Crippen MR) is 59.2 cm³/mol. The Balaban J connectivity index is 2.14. The van der Waals surface area contributed by atoms with Crippen LogP contribution in [0.5, 0.6) is 0 Å². The molecule has 1 saturated carbocycles. The molecular weight excluding hydrogens is 176 g/mol. The molecule has 0 atom stereocenters. The van der Waals surface area contributed by atoms with Gasteiger partial charge in [-0.3, -0.25) is 0 Å². The fourth-order valence-corrected chi connectivity index (χ4v) is 2.56. The summed E-state index contributed by atoms with van der Waals surface area (Å²) in [5.41, 5.74) is 0. The molecule has 0 aromatic rings. The van der Waals surface area contributed by atoms with E-state index in [1.54, 1.807) is 0 Å². The Morgan fingerprint density at radius 3 is 2.08 bits per heavy atom. The highest BCUT2D eigenvalue weighted by atomic mass is 28.3. The maximum Gasteiger partial charge on any atom is 0.204 e. The van der Waals surface area contributed by atoms with Crippen LogP contribution in [0.15, 0.2) is 0 Å². The monoisotopic (exact) mass is 199 g/mol. The normalized spacial score (nSPS) is 21.5. The van der Waals surface area contributed by atoms with Gasteiger partial charge in [-0.05, 0) is 31.9 Å². The van der Waals surface area contributed by atoms with Gasteiger partial charge in [0.2, 0.25) is 9.04 Å². The lowest BCUT2D eigenvalue weighted by Gasteiger charge is -2.20. The fourth-order valence-electron chi connectivity index (χ4n) is 1.99. The Morgan fingerprint density at radius 2 is 1.54 bits per heavy atom. The maximum absolute atomic E-state index is 5.78. The summed E-state index contributed by atoms with van der Waals surface area (Å²) in [6.07, 6.45) is 10.1. The molecule has 1 aliphatic rings. The highest BCUT2D eigenvalue weighted by Crippen LogP contribution is 2.22. The van der Waals surface area contributed by atoms with Crippen LogP contribution in [0.1, 0.15) is 44.9 Å². The van der Waals surface area contributed by atoms with Crippen LogP contribution in [0.2, 0.25) is 13.1 Å². The van der Waals surface area contributed by atoms with Crippen LogP contribution in [-0.4, -0.2) is 15.6 Å². The molecule has 0 aromatic heterocycles. The van der Waals surface area contributed by atoms with Gasteiger partial charge in [0, 0.05) is 6.61 Å². The average Bonchev–Trinajstić information content (AvgIpc) is 2.01. The highest BCUT2D eigenvalue weighted by molar-refractivity contribution is 6.48. The van der Waals surface area contributed by atoms with Gasteiger partial charge >= 0.3 is 0 Å². The molecule has 0 spiro atoms. The molecular formula is C11H23OSi. The van der Waals surface area contributed by atoms with Gasteiger partial charge in [0.1, 0.15) is 0 Å². The zero-order valence-corrected chi connectivity index (χ0v) is 10.1. The first-order chi connectivity index (χ1) is 6.29. The minimum atomic E-state index is -0.454. The molecule has 0 bridgehead atoms. The van der Waals surface area contributed by atoms with Gasteiger partial charge in [0.05, 0.1) is 0 Å². The molecule has 0 aliphatic heterocycles. The van der Waals surface area contributed by atoms with Crippen molar-refractivity contribution in [3.8, 4) is 0 Å². The first-order valence-corrected chi connectivity index (χ1v) is 8.13. The summed E-state index contributed by atoms with van der Waals surface area (Å²) in [4.78, 5) is 0. The number of rotatable bonds is 3. The molecule has 0 heterocycles. The summed E-state index contributed by atoms with van der Waals surface area (Å²) < 4.78 is 5.78. The van der Waals surface area contributed by atoms with Crippen molar-refractivity contribution in [2.75, 3.05) is 6.61 Å². The summed E-state index contributed by atoms with van der Waals surface area (Å²) >= 11 is 0. The third-order valence-electron chi connectivity index (χ3n) is 2.83. The molecule has 1 radical (unpaired) electrons. The number of hydrogen-bond donors (Lipinski definition) is 0. The van der Waals surface area contributed by atoms with E-state index in [-0.39, 0.29) is 0 Å². The van der Waals surface area contributed by atoms with Crippen LogP contribution < -0.4 is 0 Å². The first kappa shape index (κ1) is 11.3. The highest BCUT2D eigenvalue weighted by Gasteiger charge is 2.12. The lowest BCUT2D eigenvalue weighted by molar-refractivity contribution is 0.221. The molecule has 1 aliphatic carbocycles. The topological polar surface area (TPSA) is 9.23 Å². The van der Waals surface area contributed by atoms with Gasteiger partial charge in [-0.15, -0.1) is 0 Å². The summed E-state index contributed by atoms with van der Waals surface area (Å²) in [6, 6.07) is 0. The van der Waals surface area contributed by atoms with Crippen molar-refractivity contribution >= 4 is 9.04 Å². The van der Waals surface area contributed by atoms with Crippen molar-refractivity contribution in [3.05, 3.63) is 0 Å². The smallest absolute Gasteiger partial charge is 0.204 e. The molecule has 0 amide bonds. The Bertz CT molecular complexity index is 117. The lowest BCUT2D eigenvalue weighted by atomic mass is 9.92. The van der Waals surface area contributed by atoms with Crippen molar-refractivity contribution in [2.45, 2.75) is 58.0 Å². The fraction of sp³-hybridized carbons (Fsp3) is 1.00. The molecule has 1 nitrogen and oxygen atoms in total. The van der Waals surface area contributed by atoms with Gasteiger partial charge in [-0.1, -0.05) is 32.1 Å². The molecule has 0 N–H and O–H groups in total. The van der Waals surface area contributed by atoms with E-state index in [0.29, 0.717) is 0 Å². The van der Waals surface area contributed by atoms with Gasteiger partial charge < -0.3 is 4.43 Å². The van der Waals surface area contributed by atoms with E-state index in [2.05, 4.69) is 13.1 Å². The standard InChI is InChI=1S/C11H23OSi/c1-13(2)12-10-11-8-6-4-3-5-7-9-11/h11H,3-10H2,1-2H3. The molecule has 77 valence electrons. The largest absolute Gasteiger partial charge is 0.417 e. The summed E-state index contributed by atoms with van der Waals surface area (Å²) in [6.45, 7) is 5.50. The van der Waals surface area contributed by atoms with Crippen LogP contribution in [0.25, 0.3) is 0 Å². The van der Waals surface area contributed by atoms with Crippen molar-refractivity contribution in [2.24, 2.45) is 5.92 Å². The van der Waals surface area contributed by atoms with Gasteiger partial charge in [0.25, 0.3) is 0 Å².